The molecule has 0 saturated heterocycles. The molecule has 0 heterocycles. The smallest absolute Gasteiger partial charge is 0.249 e. The van der Waals surface area contributed by atoms with Gasteiger partial charge in [0.2, 0.25) is 5.70 Å². The Morgan fingerprint density at radius 2 is 2.11 bits per heavy atom. The van der Waals surface area contributed by atoms with Crippen molar-refractivity contribution in [3.05, 3.63) is 39.6 Å². The lowest BCUT2D eigenvalue weighted by Crippen LogP contribution is -2.05. The number of hydrogen-bond donors (Lipinski definition) is 0. The molecule has 0 fully saturated rings. The van der Waals surface area contributed by atoms with Crippen LogP contribution in [0.3, 0.4) is 0 Å². The highest BCUT2D eigenvalue weighted by atomic mass is 16.6. The molecule has 0 saturated carbocycles. The third-order valence-corrected chi connectivity index (χ3v) is 2.60. The molecular formula is C14H19NO4. The van der Waals surface area contributed by atoms with Crippen LogP contribution in [0, 0.1) is 16.0 Å². The van der Waals surface area contributed by atoms with Gasteiger partial charge in [-0.2, -0.15) is 0 Å². The van der Waals surface area contributed by atoms with Crippen molar-refractivity contribution >= 4 is 6.08 Å². The third-order valence-electron chi connectivity index (χ3n) is 2.60. The van der Waals surface area contributed by atoms with Gasteiger partial charge in [0.15, 0.2) is 11.5 Å². The summed E-state index contributed by atoms with van der Waals surface area (Å²) in [5.41, 5.74) is 0.900. The summed E-state index contributed by atoms with van der Waals surface area (Å²) in [4.78, 5) is 10.6. The molecule has 5 nitrogen and oxygen atoms in total. The summed E-state index contributed by atoms with van der Waals surface area (Å²) < 4.78 is 10.6. The van der Waals surface area contributed by atoms with E-state index in [-0.39, 0.29) is 16.5 Å². The predicted octanol–water partition coefficient (Wildman–Crippen LogP) is 3.37. The van der Waals surface area contributed by atoms with E-state index in [1.54, 1.807) is 45.2 Å². The van der Waals surface area contributed by atoms with Crippen LogP contribution < -0.4 is 9.47 Å². The summed E-state index contributed by atoms with van der Waals surface area (Å²) in [6, 6.07) is 5.26. The first-order valence-electron chi connectivity index (χ1n) is 6.16. The molecule has 19 heavy (non-hydrogen) atoms. The van der Waals surface area contributed by atoms with Gasteiger partial charge >= 0.3 is 0 Å². The predicted molar refractivity (Wildman–Crippen MR) is 74.0 cm³/mol. The Bertz CT molecular complexity index is 480. The van der Waals surface area contributed by atoms with Crippen LogP contribution in [-0.4, -0.2) is 18.6 Å². The van der Waals surface area contributed by atoms with E-state index >= 15 is 0 Å². The molecule has 1 aromatic rings. The Balaban J connectivity index is 3.17. The second kappa shape index (κ2) is 6.78. The normalized spacial score (nSPS) is 11.5. The fourth-order valence-corrected chi connectivity index (χ4v) is 1.65. The summed E-state index contributed by atoms with van der Waals surface area (Å²) in [5.74, 6) is 1.06. The van der Waals surface area contributed by atoms with Gasteiger partial charge in [0.05, 0.1) is 18.6 Å². The van der Waals surface area contributed by atoms with E-state index in [9.17, 15) is 10.1 Å². The van der Waals surface area contributed by atoms with Gasteiger partial charge in [0.25, 0.3) is 0 Å². The molecule has 0 aliphatic heterocycles. The molecule has 5 heteroatoms. The van der Waals surface area contributed by atoms with Crippen molar-refractivity contribution < 1.29 is 14.4 Å². The number of nitro groups is 1. The number of allylic oxidation sites excluding steroid dienone is 1. The topological polar surface area (TPSA) is 61.6 Å². The maximum atomic E-state index is 11.0. The molecule has 104 valence electrons. The lowest BCUT2D eigenvalue weighted by atomic mass is 10.1. The second-order valence-electron chi connectivity index (χ2n) is 4.32. The first-order valence-corrected chi connectivity index (χ1v) is 6.16. The number of ether oxygens (including phenoxy) is 2. The Kier molecular flexibility index (Phi) is 5.36. The zero-order valence-corrected chi connectivity index (χ0v) is 11.7. The highest BCUT2D eigenvalue weighted by molar-refractivity contribution is 5.57. The maximum Gasteiger partial charge on any atom is 0.249 e. The van der Waals surface area contributed by atoms with Crippen LogP contribution in [0.15, 0.2) is 23.9 Å². The lowest BCUT2D eigenvalue weighted by molar-refractivity contribution is -0.431. The molecule has 0 aliphatic rings. The highest BCUT2D eigenvalue weighted by Crippen LogP contribution is 2.29. The van der Waals surface area contributed by atoms with Gasteiger partial charge in [-0.25, -0.2) is 0 Å². The van der Waals surface area contributed by atoms with Crippen LogP contribution in [0.4, 0.5) is 0 Å². The summed E-state index contributed by atoms with van der Waals surface area (Å²) in [5, 5.41) is 11.0. The second-order valence-corrected chi connectivity index (χ2v) is 4.32. The van der Waals surface area contributed by atoms with Crippen molar-refractivity contribution in [1.82, 2.24) is 0 Å². The van der Waals surface area contributed by atoms with Gasteiger partial charge < -0.3 is 9.47 Å². The van der Waals surface area contributed by atoms with Crippen molar-refractivity contribution in [1.29, 1.82) is 0 Å². The van der Waals surface area contributed by atoms with Gasteiger partial charge in [-0.05, 0) is 24.6 Å². The van der Waals surface area contributed by atoms with Crippen LogP contribution in [0.5, 0.6) is 11.5 Å². The number of methoxy groups -OCH3 is 1. The van der Waals surface area contributed by atoms with Crippen LogP contribution in [0.2, 0.25) is 0 Å². The van der Waals surface area contributed by atoms with Gasteiger partial charge in [-0.3, -0.25) is 10.1 Å². The van der Waals surface area contributed by atoms with E-state index in [1.165, 1.54) is 0 Å². The molecule has 1 rings (SSSR count). The largest absolute Gasteiger partial charge is 0.493 e. The molecule has 0 radical (unpaired) electrons. The molecule has 0 bridgehead atoms. The first kappa shape index (κ1) is 15.0. The average molecular weight is 265 g/mol. The van der Waals surface area contributed by atoms with Crippen molar-refractivity contribution in [2.24, 2.45) is 5.92 Å². The first-order chi connectivity index (χ1) is 8.99. The zero-order chi connectivity index (χ0) is 14.4. The van der Waals surface area contributed by atoms with E-state index in [2.05, 4.69) is 0 Å². The molecule has 0 unspecified atom stereocenters. The molecule has 0 amide bonds. The number of benzene rings is 1. The van der Waals surface area contributed by atoms with E-state index in [4.69, 9.17) is 9.47 Å². The molecular weight excluding hydrogens is 246 g/mol. The Labute approximate surface area is 113 Å². The van der Waals surface area contributed by atoms with Crippen molar-refractivity contribution in [3.8, 4) is 11.5 Å². The molecule has 0 spiro atoms. The number of nitrogens with zero attached hydrogens (tertiary/aromatic N) is 1. The fraction of sp³-hybridized carbons (Fsp3) is 0.429. The van der Waals surface area contributed by atoms with Crippen molar-refractivity contribution in [2.75, 3.05) is 13.7 Å². The minimum Gasteiger partial charge on any atom is -0.493 e. The van der Waals surface area contributed by atoms with E-state index < -0.39 is 0 Å². The minimum absolute atomic E-state index is 0.146. The fourth-order valence-electron chi connectivity index (χ4n) is 1.65. The van der Waals surface area contributed by atoms with Crippen LogP contribution in [0.25, 0.3) is 6.08 Å². The van der Waals surface area contributed by atoms with Crippen LogP contribution >= 0.6 is 0 Å². The zero-order valence-electron chi connectivity index (χ0n) is 11.7. The summed E-state index contributed by atoms with van der Waals surface area (Å²) in [6.45, 7) is 5.97. The van der Waals surface area contributed by atoms with Crippen molar-refractivity contribution in [3.63, 3.8) is 0 Å². The summed E-state index contributed by atoms with van der Waals surface area (Å²) in [7, 11) is 1.56. The highest BCUT2D eigenvalue weighted by Gasteiger charge is 2.16. The summed E-state index contributed by atoms with van der Waals surface area (Å²) in [6.07, 6.45) is 1.56. The Morgan fingerprint density at radius 3 is 2.58 bits per heavy atom. The molecule has 0 aliphatic carbocycles. The molecule has 1 aromatic carbocycles. The quantitative estimate of drug-likeness (QED) is 0.584. The molecule has 0 atom stereocenters. The van der Waals surface area contributed by atoms with Gasteiger partial charge in [-0.15, -0.1) is 0 Å². The molecule has 0 N–H and O–H groups in total. The van der Waals surface area contributed by atoms with Gasteiger partial charge in [0, 0.05) is 12.0 Å². The van der Waals surface area contributed by atoms with Gasteiger partial charge in [0.1, 0.15) is 0 Å². The lowest BCUT2D eigenvalue weighted by Gasteiger charge is -2.10. The average Bonchev–Trinajstić information content (AvgIpc) is 2.36. The monoisotopic (exact) mass is 265 g/mol. The SMILES string of the molecule is CCOc1cc(/C=C(/C(C)C)[N+](=O)[O-])ccc1OC. The van der Waals surface area contributed by atoms with Gasteiger partial charge in [-0.1, -0.05) is 19.9 Å². The molecule has 0 aromatic heterocycles. The van der Waals surface area contributed by atoms with E-state index in [1.807, 2.05) is 6.92 Å². The Hall–Kier alpha value is -2.04. The van der Waals surface area contributed by atoms with E-state index in [0.29, 0.717) is 18.1 Å². The Morgan fingerprint density at radius 1 is 1.42 bits per heavy atom. The van der Waals surface area contributed by atoms with Crippen LogP contribution in [-0.2, 0) is 0 Å². The summed E-state index contributed by atoms with van der Waals surface area (Å²) >= 11 is 0. The maximum absolute atomic E-state index is 11.0. The number of rotatable bonds is 6. The minimum atomic E-state index is -0.352. The standard InChI is InChI=1S/C14H19NO4/c1-5-19-14-9-11(6-7-13(14)18-4)8-12(10(2)3)15(16)17/h6-10H,5H2,1-4H3/b12-8-. The van der Waals surface area contributed by atoms with E-state index in [0.717, 1.165) is 5.56 Å². The third kappa shape index (κ3) is 3.98. The van der Waals surface area contributed by atoms with Crippen molar-refractivity contribution in [2.45, 2.75) is 20.8 Å². The van der Waals surface area contributed by atoms with Crippen LogP contribution in [0.1, 0.15) is 26.3 Å². The number of hydrogen-bond acceptors (Lipinski definition) is 4.